The molecule has 1 aromatic rings. The summed E-state index contributed by atoms with van der Waals surface area (Å²) in [6, 6.07) is 2.91. The molecule has 3 heterocycles. The Morgan fingerprint density at radius 3 is 3.17 bits per heavy atom. The van der Waals surface area contributed by atoms with Crippen LogP contribution in [0.1, 0.15) is 25.7 Å². The fourth-order valence-corrected chi connectivity index (χ4v) is 3.11. The zero-order valence-electron chi connectivity index (χ0n) is 10.8. The second kappa shape index (κ2) is 5.10. The van der Waals surface area contributed by atoms with Crippen LogP contribution in [0.15, 0.2) is 12.3 Å². The van der Waals surface area contributed by atoms with Gasteiger partial charge in [-0.3, -0.25) is 4.90 Å². The number of hydrogen-bond acceptors (Lipinski definition) is 5. The molecular weight excluding hydrogens is 228 g/mol. The molecule has 0 radical (unpaired) electrons. The fraction of sp³-hybridized carbons (Fsp3) is 0.692. The molecule has 0 spiro atoms. The summed E-state index contributed by atoms with van der Waals surface area (Å²) in [5.74, 6) is 1.30. The predicted octanol–water partition coefficient (Wildman–Crippen LogP) is 1.52. The molecule has 2 fully saturated rings. The van der Waals surface area contributed by atoms with Crippen LogP contribution in [0.5, 0.6) is 5.88 Å². The Morgan fingerprint density at radius 2 is 2.28 bits per heavy atom. The monoisotopic (exact) mass is 248 g/mol. The minimum Gasteiger partial charge on any atom is -0.481 e. The van der Waals surface area contributed by atoms with Crippen LogP contribution in [-0.4, -0.2) is 47.2 Å². The first kappa shape index (κ1) is 11.7. The van der Waals surface area contributed by atoms with Crippen molar-refractivity contribution >= 4 is 5.95 Å². The Bertz CT molecular complexity index is 412. The van der Waals surface area contributed by atoms with Crippen molar-refractivity contribution in [1.29, 1.82) is 0 Å². The topological polar surface area (TPSA) is 50.3 Å². The molecule has 2 atom stereocenters. The molecule has 5 heteroatoms. The summed E-state index contributed by atoms with van der Waals surface area (Å²) in [7, 11) is 1.63. The Balaban J connectivity index is 1.68. The third-order valence-corrected chi connectivity index (χ3v) is 4.01. The molecule has 3 rings (SSSR count). The molecule has 2 unspecified atom stereocenters. The van der Waals surface area contributed by atoms with Gasteiger partial charge in [-0.25, -0.2) is 4.98 Å². The lowest BCUT2D eigenvalue weighted by molar-refractivity contribution is 0.192. The van der Waals surface area contributed by atoms with Gasteiger partial charge in [0.15, 0.2) is 0 Å². The maximum atomic E-state index is 5.12. The number of aromatic nitrogens is 2. The van der Waals surface area contributed by atoms with E-state index in [1.54, 1.807) is 19.4 Å². The van der Waals surface area contributed by atoms with Crippen LogP contribution in [0.3, 0.4) is 0 Å². The van der Waals surface area contributed by atoms with Crippen LogP contribution in [-0.2, 0) is 0 Å². The molecule has 5 nitrogen and oxygen atoms in total. The number of piperidine rings is 1. The number of anilines is 1. The summed E-state index contributed by atoms with van der Waals surface area (Å²) in [6.45, 7) is 2.45. The number of hydrogen-bond donors (Lipinski definition) is 1. The van der Waals surface area contributed by atoms with Gasteiger partial charge in [0.25, 0.3) is 0 Å². The lowest BCUT2D eigenvalue weighted by Gasteiger charge is -2.32. The van der Waals surface area contributed by atoms with Crippen molar-refractivity contribution in [1.82, 2.24) is 14.9 Å². The molecule has 0 bridgehead atoms. The van der Waals surface area contributed by atoms with Gasteiger partial charge >= 0.3 is 0 Å². The van der Waals surface area contributed by atoms with Crippen LogP contribution < -0.4 is 10.1 Å². The molecule has 1 aromatic heterocycles. The van der Waals surface area contributed by atoms with Gasteiger partial charge in [-0.15, -0.1) is 0 Å². The van der Waals surface area contributed by atoms with Crippen LogP contribution in [0.4, 0.5) is 5.95 Å². The third-order valence-electron chi connectivity index (χ3n) is 4.01. The largest absolute Gasteiger partial charge is 0.481 e. The van der Waals surface area contributed by atoms with Crippen molar-refractivity contribution < 1.29 is 4.74 Å². The van der Waals surface area contributed by atoms with Gasteiger partial charge in [-0.2, -0.15) is 4.98 Å². The van der Waals surface area contributed by atoms with Gasteiger partial charge in [0, 0.05) is 30.9 Å². The molecule has 0 aromatic carbocycles. The van der Waals surface area contributed by atoms with Gasteiger partial charge < -0.3 is 10.1 Å². The maximum Gasteiger partial charge on any atom is 0.226 e. The number of rotatable bonds is 3. The first-order valence-corrected chi connectivity index (χ1v) is 6.74. The predicted molar refractivity (Wildman–Crippen MR) is 69.8 cm³/mol. The van der Waals surface area contributed by atoms with E-state index >= 15 is 0 Å². The highest BCUT2D eigenvalue weighted by Crippen LogP contribution is 2.28. The molecule has 0 amide bonds. The number of ether oxygens (including phenoxy) is 1. The quantitative estimate of drug-likeness (QED) is 0.879. The van der Waals surface area contributed by atoms with Crippen molar-refractivity contribution in [3.63, 3.8) is 0 Å². The van der Waals surface area contributed by atoms with Crippen LogP contribution in [0.2, 0.25) is 0 Å². The summed E-state index contributed by atoms with van der Waals surface area (Å²) in [4.78, 5) is 11.2. The van der Waals surface area contributed by atoms with Crippen molar-refractivity contribution in [2.75, 3.05) is 25.5 Å². The molecule has 2 aliphatic heterocycles. The van der Waals surface area contributed by atoms with Crippen molar-refractivity contribution in [2.45, 2.75) is 37.8 Å². The average Bonchev–Trinajstić information content (AvgIpc) is 2.83. The molecular formula is C13H20N4O. The highest BCUT2D eigenvalue weighted by molar-refractivity contribution is 5.30. The van der Waals surface area contributed by atoms with E-state index in [1.807, 2.05) is 0 Å². The Hall–Kier alpha value is -1.36. The van der Waals surface area contributed by atoms with Crippen LogP contribution >= 0.6 is 0 Å². The van der Waals surface area contributed by atoms with Gasteiger partial charge in [0.05, 0.1) is 7.11 Å². The van der Waals surface area contributed by atoms with E-state index < -0.39 is 0 Å². The van der Waals surface area contributed by atoms with Crippen molar-refractivity contribution in [2.24, 2.45) is 0 Å². The summed E-state index contributed by atoms with van der Waals surface area (Å²) >= 11 is 0. The van der Waals surface area contributed by atoms with Gasteiger partial charge in [-0.1, -0.05) is 6.42 Å². The Kier molecular flexibility index (Phi) is 3.32. The van der Waals surface area contributed by atoms with Gasteiger partial charge in [0.1, 0.15) is 0 Å². The number of nitrogens with zero attached hydrogens (tertiary/aromatic N) is 3. The smallest absolute Gasteiger partial charge is 0.226 e. The molecule has 1 N–H and O–H groups in total. The van der Waals surface area contributed by atoms with E-state index in [4.69, 9.17) is 4.74 Å². The van der Waals surface area contributed by atoms with Crippen LogP contribution in [0, 0.1) is 0 Å². The first-order valence-electron chi connectivity index (χ1n) is 6.74. The minimum absolute atomic E-state index is 0.484. The SMILES string of the molecule is COc1ccnc(NC2CCN3CCCCC23)n1. The minimum atomic E-state index is 0.484. The van der Waals surface area contributed by atoms with Gasteiger partial charge in [-0.05, 0) is 25.8 Å². The lowest BCUT2D eigenvalue weighted by atomic mass is 9.99. The fourth-order valence-electron chi connectivity index (χ4n) is 3.11. The molecule has 2 aliphatic rings. The van der Waals surface area contributed by atoms with Gasteiger partial charge in [0.2, 0.25) is 11.8 Å². The maximum absolute atomic E-state index is 5.12. The zero-order chi connectivity index (χ0) is 12.4. The third kappa shape index (κ3) is 2.27. The van der Waals surface area contributed by atoms with Crippen molar-refractivity contribution in [3.05, 3.63) is 12.3 Å². The standard InChI is InChI=1S/C13H20N4O/c1-18-12-5-7-14-13(16-12)15-10-6-9-17-8-3-2-4-11(10)17/h5,7,10-11H,2-4,6,8-9H2,1H3,(H,14,15,16). The summed E-state index contributed by atoms with van der Waals surface area (Å²) in [5.41, 5.74) is 0. The summed E-state index contributed by atoms with van der Waals surface area (Å²) < 4.78 is 5.12. The lowest BCUT2D eigenvalue weighted by Crippen LogP contribution is -2.41. The molecule has 18 heavy (non-hydrogen) atoms. The van der Waals surface area contributed by atoms with Crippen LogP contribution in [0.25, 0.3) is 0 Å². The highest BCUT2D eigenvalue weighted by Gasteiger charge is 2.35. The molecule has 2 saturated heterocycles. The van der Waals surface area contributed by atoms with E-state index in [0.717, 1.165) is 0 Å². The second-order valence-corrected chi connectivity index (χ2v) is 5.06. The zero-order valence-corrected chi connectivity index (χ0v) is 10.8. The first-order chi connectivity index (χ1) is 8.86. The average molecular weight is 248 g/mol. The molecule has 0 aliphatic carbocycles. The summed E-state index contributed by atoms with van der Waals surface area (Å²) in [6.07, 6.45) is 6.91. The van der Waals surface area contributed by atoms with E-state index in [9.17, 15) is 0 Å². The van der Waals surface area contributed by atoms with E-state index in [1.165, 1.54) is 38.8 Å². The van der Waals surface area contributed by atoms with E-state index in [0.29, 0.717) is 23.9 Å². The van der Waals surface area contributed by atoms with E-state index in [-0.39, 0.29) is 0 Å². The Labute approximate surface area is 108 Å². The highest BCUT2D eigenvalue weighted by atomic mass is 16.5. The Morgan fingerprint density at radius 1 is 1.33 bits per heavy atom. The normalized spacial score (nSPS) is 27.8. The molecule has 0 saturated carbocycles. The number of methoxy groups -OCH3 is 1. The van der Waals surface area contributed by atoms with E-state index in [2.05, 4.69) is 20.2 Å². The second-order valence-electron chi connectivity index (χ2n) is 5.06. The molecule has 98 valence electrons. The summed E-state index contributed by atoms with van der Waals surface area (Å²) in [5, 5.41) is 3.47. The number of fused-ring (bicyclic) bond motifs is 1. The van der Waals surface area contributed by atoms with Crippen molar-refractivity contribution in [3.8, 4) is 5.88 Å². The number of nitrogens with one attached hydrogen (secondary N) is 1.